The summed E-state index contributed by atoms with van der Waals surface area (Å²) in [5, 5.41) is 8.56. The Kier molecular flexibility index (Phi) is 11.9. The molecular weight excluding hydrogens is 775 g/mol. The molecule has 0 saturated carbocycles. The van der Waals surface area contributed by atoms with Gasteiger partial charge in [0.2, 0.25) is 0 Å². The maximum atomic E-state index is 2.41. The third-order valence-corrected chi connectivity index (χ3v) is 15.3. The van der Waals surface area contributed by atoms with E-state index in [1.165, 1.54) is 47.1 Å². The first-order valence-corrected chi connectivity index (χ1v) is 26.2. The zero-order valence-corrected chi connectivity index (χ0v) is 37.1. The fourth-order valence-corrected chi connectivity index (χ4v) is 9.25. The average Bonchev–Trinajstić information content (AvgIpc) is 3.71. The van der Waals surface area contributed by atoms with E-state index in [4.69, 9.17) is 0 Å². The minimum absolute atomic E-state index is 0.203. The van der Waals surface area contributed by atoms with Crippen LogP contribution in [0.3, 0.4) is 0 Å². The summed E-state index contributed by atoms with van der Waals surface area (Å²) < 4.78 is 1.50. The van der Waals surface area contributed by atoms with Gasteiger partial charge in [-0.15, -0.1) is 39.7 Å². The van der Waals surface area contributed by atoms with Crippen LogP contribution < -0.4 is 10.4 Å². The van der Waals surface area contributed by atoms with E-state index in [-0.39, 0.29) is 10.8 Å². The molecule has 0 fully saturated rings. The molecule has 0 atom stereocenters. The zero-order valence-electron chi connectivity index (χ0n) is 31.5. The van der Waals surface area contributed by atoms with Gasteiger partial charge in [-0.2, -0.15) is 18.2 Å². The van der Waals surface area contributed by atoms with Gasteiger partial charge >= 0.3 is 153 Å². The van der Waals surface area contributed by atoms with Crippen molar-refractivity contribution in [2.24, 2.45) is 0 Å². The van der Waals surface area contributed by atoms with Gasteiger partial charge in [0.25, 0.3) is 0 Å². The van der Waals surface area contributed by atoms with Crippen molar-refractivity contribution in [2.75, 3.05) is 0 Å². The summed E-state index contributed by atoms with van der Waals surface area (Å²) >= 11 is 1.08. The Morgan fingerprint density at radius 1 is 0.521 bits per heavy atom. The van der Waals surface area contributed by atoms with Crippen LogP contribution in [0.25, 0.3) is 21.5 Å². The normalized spacial score (nSPS) is 12.3. The molecule has 0 aliphatic rings. The van der Waals surface area contributed by atoms with Crippen molar-refractivity contribution in [3.63, 3.8) is 0 Å². The van der Waals surface area contributed by atoms with E-state index in [9.17, 15) is 0 Å². The molecule has 0 heterocycles. The predicted molar refractivity (Wildman–Crippen MR) is 219 cm³/mol. The molecule has 0 unspecified atom stereocenters. The summed E-state index contributed by atoms with van der Waals surface area (Å²) in [6.45, 7) is 28.1. The summed E-state index contributed by atoms with van der Waals surface area (Å²) in [6, 6.07) is 44.8. The molecule has 6 rings (SSSR count). The Morgan fingerprint density at radius 2 is 0.875 bits per heavy atom. The first kappa shape index (κ1) is 38.1. The monoisotopic (exact) mass is 832 g/mol. The van der Waals surface area contributed by atoms with Gasteiger partial charge in [-0.3, -0.25) is 0 Å². The van der Waals surface area contributed by atoms with Gasteiger partial charge in [0.05, 0.1) is 0 Å². The van der Waals surface area contributed by atoms with E-state index in [2.05, 4.69) is 172 Å². The second kappa shape index (κ2) is 15.0. The third-order valence-electron chi connectivity index (χ3n) is 9.07. The van der Waals surface area contributed by atoms with E-state index in [1.807, 2.05) is 30.3 Å². The van der Waals surface area contributed by atoms with Crippen LogP contribution in [0.15, 0.2) is 121 Å². The van der Waals surface area contributed by atoms with Gasteiger partial charge < -0.3 is 0 Å². The Labute approximate surface area is 308 Å². The largest absolute Gasteiger partial charge is 0.214 e. The van der Waals surface area contributed by atoms with Crippen LogP contribution >= 0.6 is 0 Å². The van der Waals surface area contributed by atoms with Crippen molar-refractivity contribution in [1.29, 1.82) is 0 Å². The third kappa shape index (κ3) is 9.92. The van der Waals surface area contributed by atoms with Gasteiger partial charge in [-0.25, -0.2) is 12.1 Å². The van der Waals surface area contributed by atoms with Crippen LogP contribution in [0.5, 0.6) is 0 Å². The zero-order chi connectivity index (χ0) is 35.5. The molecule has 0 N–H and O–H groups in total. The summed E-state index contributed by atoms with van der Waals surface area (Å²) in [4.78, 5) is 0. The van der Waals surface area contributed by atoms with Gasteiger partial charge in [0.15, 0.2) is 0 Å². The molecule has 0 aliphatic heterocycles. The van der Waals surface area contributed by atoms with Gasteiger partial charge in [-0.05, 0) is 10.8 Å². The van der Waals surface area contributed by atoms with E-state index in [0.29, 0.717) is 0 Å². The van der Waals surface area contributed by atoms with Crippen LogP contribution in [0.4, 0.5) is 0 Å². The fraction of sp³-hybridized carbons (Fsp3) is 0.311. The molecule has 48 heavy (non-hydrogen) atoms. The average molecular weight is 832 g/mol. The maximum absolute atomic E-state index is 2.41. The van der Waals surface area contributed by atoms with Gasteiger partial charge in [0.1, 0.15) is 0 Å². The Hall–Kier alpha value is -2.73. The molecule has 0 aromatic heterocycles. The van der Waals surface area contributed by atoms with E-state index in [1.54, 1.807) is 10.4 Å². The van der Waals surface area contributed by atoms with Crippen molar-refractivity contribution < 1.29 is 23.9 Å². The molecule has 248 valence electrons. The smallest absolute Gasteiger partial charge is 0.172 e. The summed E-state index contributed by atoms with van der Waals surface area (Å²) in [7, 11) is -2.38. The molecular formula is C45H56HfSi2. The fourth-order valence-electron chi connectivity index (χ4n) is 5.72. The van der Waals surface area contributed by atoms with E-state index >= 15 is 0 Å². The van der Waals surface area contributed by atoms with Crippen molar-refractivity contribution in [1.82, 2.24) is 0 Å². The van der Waals surface area contributed by atoms with Crippen LogP contribution in [-0.4, -0.2) is 19.4 Å². The van der Waals surface area contributed by atoms with Crippen molar-refractivity contribution in [2.45, 2.75) is 91.7 Å². The predicted octanol–water partition coefficient (Wildman–Crippen LogP) is 11.6. The van der Waals surface area contributed by atoms with E-state index in [0.717, 1.165) is 23.9 Å². The summed E-state index contributed by atoms with van der Waals surface area (Å²) in [5.74, 6) is 0. The SMILES string of the molecule is CC(C)(C)c1ccc2c(c1)[cH-]c1cc(C(C)(C)C)ccc12.C[Si](C)(C)c1ccc([C](=[Hf+2])c2ccc([Si](C)(C)C)cc2)cc1.c1cc[cH-]c1. The summed E-state index contributed by atoms with van der Waals surface area (Å²) in [6.07, 6.45) is 0. The number of hydrogen-bond donors (Lipinski definition) is 0. The van der Waals surface area contributed by atoms with Crippen LogP contribution in [0.1, 0.15) is 63.8 Å². The molecule has 3 heteroatoms. The first-order valence-electron chi connectivity index (χ1n) is 17.4. The van der Waals surface area contributed by atoms with Crippen LogP contribution in [0.2, 0.25) is 39.3 Å². The molecule has 6 aromatic rings. The summed E-state index contributed by atoms with van der Waals surface area (Å²) in [5.41, 5.74) is 6.01. The molecule has 0 bridgehead atoms. The van der Waals surface area contributed by atoms with Crippen molar-refractivity contribution in [3.8, 4) is 0 Å². The second-order valence-corrected chi connectivity index (χ2v) is 29.2. The molecule has 0 aliphatic carbocycles. The molecule has 0 amide bonds. The first-order chi connectivity index (χ1) is 22.2. The number of hydrogen-bond acceptors (Lipinski definition) is 0. The molecule has 0 spiro atoms. The topological polar surface area (TPSA) is 0 Å². The van der Waals surface area contributed by atoms with Crippen LogP contribution in [0, 0.1) is 0 Å². The molecule has 0 nitrogen and oxygen atoms in total. The van der Waals surface area contributed by atoms with Crippen molar-refractivity contribution in [3.05, 3.63) is 144 Å². The molecule has 0 radical (unpaired) electrons. The quantitative estimate of drug-likeness (QED) is 0.123. The van der Waals surface area contributed by atoms with E-state index < -0.39 is 16.1 Å². The van der Waals surface area contributed by atoms with Crippen molar-refractivity contribution >= 4 is 51.3 Å². The van der Waals surface area contributed by atoms with Gasteiger partial charge in [0, 0.05) is 0 Å². The minimum Gasteiger partial charge on any atom is -0.214 e. The van der Waals surface area contributed by atoms with Crippen LogP contribution in [-0.2, 0) is 34.7 Å². The minimum atomic E-state index is -1.19. The Morgan fingerprint density at radius 3 is 1.15 bits per heavy atom. The maximum Gasteiger partial charge on any atom is -0.172 e. The molecule has 0 saturated heterocycles. The number of benzene rings is 4. The number of rotatable bonds is 4. The standard InChI is InChI=1S/C21H25.C19H26Si2.C5H5.Hf/c1-20(2,3)16-7-9-18-14(12-16)11-15-13-17(21(4,5)6)8-10-19(15)18;1-20(2,3)18-11-7-16(8-12-18)15-17-9-13-19(14-10-17)21(4,5)6;1-2-4-5-3-1;/h7-13H,1-6H3;7-14H,1-6H3;1-5H;/q-1;;-1;+2. The van der Waals surface area contributed by atoms with Gasteiger partial charge in [-0.1, -0.05) is 76.9 Å². The Balaban J connectivity index is 0.000000189. The molecule has 6 aromatic carbocycles. The number of fused-ring (bicyclic) bond motifs is 3. The second-order valence-electron chi connectivity index (χ2n) is 17.2. The Bertz CT molecular complexity index is 1780.